The van der Waals surface area contributed by atoms with Crippen LogP contribution in [0.2, 0.25) is 5.02 Å². The molecule has 71 heavy (non-hydrogen) atoms. The molecule has 0 aliphatic carbocycles. The molecule has 0 radical (unpaired) electrons. The molecule has 3 aromatic carbocycles. The zero-order valence-corrected chi connectivity index (χ0v) is 41.0. The Balaban J connectivity index is 0.751. The summed E-state index contributed by atoms with van der Waals surface area (Å²) in [5, 5.41) is 18.2. The molecule has 1 aromatic heterocycles. The predicted octanol–water partition coefficient (Wildman–Crippen LogP) is 5.00. The molecular formula is C48H52ClN5O15S2. The van der Waals surface area contributed by atoms with Gasteiger partial charge in [-0.1, -0.05) is 41.9 Å². The number of halogens is 1. The molecule has 5 amide bonds. The number of ether oxygens (including phenoxy) is 5. The van der Waals surface area contributed by atoms with E-state index in [0.29, 0.717) is 47.6 Å². The van der Waals surface area contributed by atoms with Gasteiger partial charge in [-0.05, 0) is 73.7 Å². The van der Waals surface area contributed by atoms with Crippen molar-refractivity contribution in [2.45, 2.75) is 56.9 Å². The number of carboxylic acid groups (broad SMARTS) is 1. The molecule has 20 nitrogen and oxygen atoms in total. The Bertz CT molecular complexity index is 2780. The highest BCUT2D eigenvalue weighted by atomic mass is 35.5. The molecular weight excluding hydrogens is 986 g/mol. The molecule has 4 N–H and O–H groups in total. The second-order valence-corrected chi connectivity index (χ2v) is 20.0. The third-order valence-corrected chi connectivity index (χ3v) is 15.0. The van der Waals surface area contributed by atoms with E-state index in [1.807, 2.05) is 12.1 Å². The Morgan fingerprint density at radius 2 is 1.51 bits per heavy atom. The number of carboxylic acids is 1. The van der Waals surface area contributed by atoms with Crippen LogP contribution in [0.5, 0.6) is 11.5 Å². The molecule has 378 valence electrons. The number of Topliss-reactive ketones (excluding diaryl/α,β-unsaturated/α-hetero) is 1. The van der Waals surface area contributed by atoms with Crippen molar-refractivity contribution in [3.8, 4) is 21.9 Å². The molecule has 2 fully saturated rings. The van der Waals surface area contributed by atoms with Gasteiger partial charge < -0.3 is 39.4 Å². The van der Waals surface area contributed by atoms with Crippen LogP contribution in [-0.2, 0) is 49.2 Å². The zero-order valence-electron chi connectivity index (χ0n) is 38.6. The molecule has 23 heteroatoms. The lowest BCUT2D eigenvalue weighted by atomic mass is 10.0. The van der Waals surface area contributed by atoms with Crippen LogP contribution in [0.4, 0.5) is 11.4 Å². The first-order valence-corrected chi connectivity index (χ1v) is 25.5. The minimum absolute atomic E-state index is 0.0191. The van der Waals surface area contributed by atoms with E-state index in [2.05, 4.69) is 16.0 Å². The smallest absolute Gasteiger partial charge is 0.349 e. The molecule has 0 bridgehead atoms. The molecule has 2 saturated heterocycles. The second kappa shape index (κ2) is 24.2. The normalized spacial score (nSPS) is 16.4. The van der Waals surface area contributed by atoms with Crippen molar-refractivity contribution in [2.75, 3.05) is 76.6 Å². The standard InChI is InChI=1S/C48H52ClN5O15S2/c1-29(55)27-69-42-41(49)43(70-44(42)48(61)62)31-6-3-8-34(26-31)50-32-13-16-53(17-14-32)71(63,64)28-30-5-2-7-33(25-30)51-39(57)15-18-65-19-20-66-21-22-67-23-24-68-37-10-4-9-35-40(37)47(60)54(46(35)59)36-11-12-38(56)52-45(36)58/h2-10,25-26,32,36,50H,11-24,27-28H2,1H3,(H,51,57)(H,61,62)(H,52,56,58). The Morgan fingerprint density at radius 1 is 0.831 bits per heavy atom. The lowest BCUT2D eigenvalue weighted by Crippen LogP contribution is -2.54. The number of ketones is 1. The third kappa shape index (κ3) is 13.6. The molecule has 7 rings (SSSR count). The lowest BCUT2D eigenvalue weighted by Gasteiger charge is -2.32. The number of aromatic carboxylic acids is 1. The molecule has 4 heterocycles. The largest absolute Gasteiger partial charge is 0.490 e. The van der Waals surface area contributed by atoms with Gasteiger partial charge in [0.2, 0.25) is 27.7 Å². The number of benzene rings is 3. The summed E-state index contributed by atoms with van der Waals surface area (Å²) in [4.78, 5) is 87.4. The number of piperidine rings is 2. The number of imide groups is 2. The number of fused-ring (bicyclic) bond motifs is 1. The first-order chi connectivity index (χ1) is 34.1. The first kappa shape index (κ1) is 52.6. The van der Waals surface area contributed by atoms with Crippen LogP contribution in [0.1, 0.15) is 75.0 Å². The van der Waals surface area contributed by atoms with Crippen LogP contribution >= 0.6 is 22.9 Å². The monoisotopic (exact) mass is 1040 g/mol. The molecule has 1 unspecified atom stereocenters. The van der Waals surface area contributed by atoms with E-state index in [-0.39, 0.29) is 128 Å². The fraction of sp³-hybridized carbons (Fsp3) is 0.396. The van der Waals surface area contributed by atoms with Crippen LogP contribution < -0.4 is 25.4 Å². The van der Waals surface area contributed by atoms with Crippen LogP contribution in [0.25, 0.3) is 10.4 Å². The van der Waals surface area contributed by atoms with Crippen molar-refractivity contribution in [3.05, 3.63) is 93.3 Å². The average Bonchev–Trinajstić information content (AvgIpc) is 3.80. The number of carbonyl (C=O) groups is 7. The van der Waals surface area contributed by atoms with Crippen LogP contribution in [-0.4, -0.2) is 142 Å². The highest BCUT2D eigenvalue weighted by Gasteiger charge is 2.46. The van der Waals surface area contributed by atoms with E-state index in [0.717, 1.165) is 21.9 Å². The van der Waals surface area contributed by atoms with Crippen molar-refractivity contribution < 1.29 is 70.8 Å². The van der Waals surface area contributed by atoms with E-state index >= 15 is 0 Å². The van der Waals surface area contributed by atoms with Gasteiger partial charge >= 0.3 is 5.97 Å². The highest BCUT2D eigenvalue weighted by Crippen LogP contribution is 2.46. The number of hydrogen-bond donors (Lipinski definition) is 4. The number of thiophene rings is 1. The Kier molecular flexibility index (Phi) is 17.9. The van der Waals surface area contributed by atoms with E-state index in [1.54, 1.807) is 48.5 Å². The Labute approximate surface area is 417 Å². The summed E-state index contributed by atoms with van der Waals surface area (Å²) in [6.45, 7) is 2.95. The van der Waals surface area contributed by atoms with Crippen molar-refractivity contribution >= 4 is 85.6 Å². The van der Waals surface area contributed by atoms with Crippen molar-refractivity contribution in [3.63, 3.8) is 0 Å². The van der Waals surface area contributed by atoms with Gasteiger partial charge in [-0.15, -0.1) is 11.3 Å². The van der Waals surface area contributed by atoms with Gasteiger partial charge in [0.15, 0.2) is 16.4 Å². The number of nitrogens with zero attached hydrogens (tertiary/aromatic N) is 2. The van der Waals surface area contributed by atoms with Crippen molar-refractivity contribution in [1.82, 2.24) is 14.5 Å². The average molecular weight is 1040 g/mol. The zero-order chi connectivity index (χ0) is 50.7. The summed E-state index contributed by atoms with van der Waals surface area (Å²) >= 11 is 7.50. The Hall–Kier alpha value is -6.27. The fourth-order valence-corrected chi connectivity index (χ4v) is 11.0. The van der Waals surface area contributed by atoms with E-state index in [4.69, 9.17) is 35.3 Å². The first-order valence-electron chi connectivity index (χ1n) is 22.7. The molecule has 0 spiro atoms. The van der Waals surface area contributed by atoms with Crippen molar-refractivity contribution in [2.24, 2.45) is 0 Å². The number of rotatable bonds is 25. The maximum atomic E-state index is 13.5. The molecule has 4 aromatic rings. The van der Waals surface area contributed by atoms with E-state index in [1.165, 1.54) is 17.3 Å². The number of sulfonamides is 1. The Morgan fingerprint density at radius 3 is 2.21 bits per heavy atom. The molecule has 3 aliphatic heterocycles. The lowest BCUT2D eigenvalue weighted by molar-refractivity contribution is -0.136. The third-order valence-electron chi connectivity index (χ3n) is 11.5. The molecule has 0 saturated carbocycles. The van der Waals surface area contributed by atoms with Gasteiger partial charge in [0, 0.05) is 36.9 Å². The second-order valence-electron chi connectivity index (χ2n) is 16.7. The van der Waals surface area contributed by atoms with Gasteiger partial charge in [-0.25, -0.2) is 17.5 Å². The minimum Gasteiger partial charge on any atom is -0.490 e. The van der Waals surface area contributed by atoms with Crippen LogP contribution in [0.3, 0.4) is 0 Å². The quantitative estimate of drug-likeness (QED) is 0.0503. The van der Waals surface area contributed by atoms with Gasteiger partial charge in [-0.2, -0.15) is 0 Å². The number of anilines is 2. The summed E-state index contributed by atoms with van der Waals surface area (Å²) in [7, 11) is -3.68. The van der Waals surface area contributed by atoms with E-state index in [9.17, 15) is 47.1 Å². The van der Waals surface area contributed by atoms with Gasteiger partial charge in [-0.3, -0.25) is 39.0 Å². The molecule has 1 atom stereocenters. The summed E-state index contributed by atoms with van der Waals surface area (Å²) in [6, 6.07) is 17.5. The molecule has 3 aliphatic rings. The predicted molar refractivity (Wildman–Crippen MR) is 259 cm³/mol. The van der Waals surface area contributed by atoms with Crippen LogP contribution in [0.15, 0.2) is 66.7 Å². The van der Waals surface area contributed by atoms with Gasteiger partial charge in [0.1, 0.15) is 30.0 Å². The van der Waals surface area contributed by atoms with Gasteiger partial charge in [0.25, 0.3) is 11.8 Å². The van der Waals surface area contributed by atoms with Crippen molar-refractivity contribution in [1.29, 1.82) is 0 Å². The highest BCUT2D eigenvalue weighted by molar-refractivity contribution is 7.88. The summed E-state index contributed by atoms with van der Waals surface area (Å²) in [6.07, 6.45) is 1.21. The van der Waals surface area contributed by atoms with Gasteiger partial charge in [0.05, 0.1) is 67.8 Å². The topological polar surface area (TPSA) is 263 Å². The summed E-state index contributed by atoms with van der Waals surface area (Å²) in [5.74, 6) is -4.35. The summed E-state index contributed by atoms with van der Waals surface area (Å²) in [5.41, 5.74) is 2.55. The number of hydrogen-bond acceptors (Lipinski definition) is 16. The number of nitrogens with one attached hydrogen (secondary N) is 3. The maximum absolute atomic E-state index is 13.5. The minimum atomic E-state index is -3.68. The van der Waals surface area contributed by atoms with Crippen LogP contribution in [0, 0.1) is 0 Å². The number of carbonyl (C=O) groups excluding carboxylic acids is 6. The van der Waals surface area contributed by atoms with E-state index < -0.39 is 45.7 Å². The summed E-state index contributed by atoms with van der Waals surface area (Å²) < 4.78 is 56.3. The number of amides is 5. The fourth-order valence-electron chi connectivity index (χ4n) is 8.08. The maximum Gasteiger partial charge on any atom is 0.349 e. The SMILES string of the molecule is CC(=O)COc1c(C(=O)O)sc(-c2cccc(NC3CCN(S(=O)(=O)Cc4cccc(NC(=O)CCOCCOCCOCCOc5cccc6c5C(=O)N(C5CCC(=O)NC5=O)C6=O)c4)CC3)c2)c1Cl.